The Balaban J connectivity index is 1.86. The fraction of sp³-hybridized carbons (Fsp3) is 0.571. The van der Waals surface area contributed by atoms with Gasteiger partial charge >= 0.3 is 0 Å². The van der Waals surface area contributed by atoms with Crippen molar-refractivity contribution < 1.29 is 4.74 Å². The maximum absolute atomic E-state index is 5.82. The normalized spacial score (nSPS) is 20.9. The number of nitrogens with two attached hydrogens (primary N) is 1. The molecule has 1 aromatic carbocycles. The summed E-state index contributed by atoms with van der Waals surface area (Å²) in [6, 6.07) is 6.15. The Morgan fingerprint density at radius 3 is 2.65 bits per heavy atom. The first kappa shape index (κ1) is 10.9. The maximum atomic E-state index is 5.82. The van der Waals surface area contributed by atoms with E-state index >= 15 is 0 Å². The summed E-state index contributed by atoms with van der Waals surface area (Å²) in [7, 11) is 1.73. The van der Waals surface area contributed by atoms with Gasteiger partial charge in [-0.05, 0) is 24.5 Å². The highest BCUT2D eigenvalue weighted by Gasteiger charge is 2.48. The summed E-state index contributed by atoms with van der Waals surface area (Å²) in [6.07, 6.45) is 4.21. The van der Waals surface area contributed by atoms with E-state index in [1.54, 1.807) is 7.11 Å². The lowest BCUT2D eigenvalue weighted by atomic mass is 9.63. The maximum Gasteiger partial charge on any atom is 0.142 e. The Morgan fingerprint density at radius 2 is 2.12 bits per heavy atom. The van der Waals surface area contributed by atoms with Gasteiger partial charge in [0, 0.05) is 25.0 Å². The van der Waals surface area contributed by atoms with Gasteiger partial charge in [0.25, 0.3) is 0 Å². The highest BCUT2D eigenvalue weighted by Crippen LogP contribution is 2.51. The van der Waals surface area contributed by atoms with Crippen molar-refractivity contribution in [2.75, 3.05) is 25.1 Å². The molecule has 1 heterocycles. The van der Waals surface area contributed by atoms with Crippen LogP contribution < -0.4 is 15.4 Å². The van der Waals surface area contributed by atoms with Crippen LogP contribution >= 0.6 is 0 Å². The van der Waals surface area contributed by atoms with Gasteiger partial charge in [0.05, 0.1) is 12.8 Å². The average molecular weight is 232 g/mol. The van der Waals surface area contributed by atoms with Gasteiger partial charge in [-0.3, -0.25) is 0 Å². The van der Waals surface area contributed by atoms with Crippen LogP contribution in [0, 0.1) is 5.41 Å². The molecule has 17 heavy (non-hydrogen) atoms. The summed E-state index contributed by atoms with van der Waals surface area (Å²) in [5.74, 6) is 0.960. The molecule has 92 valence electrons. The number of rotatable bonds is 3. The Kier molecular flexibility index (Phi) is 2.51. The van der Waals surface area contributed by atoms with Gasteiger partial charge in [-0.1, -0.05) is 18.6 Å². The van der Waals surface area contributed by atoms with Crippen molar-refractivity contribution >= 4 is 5.69 Å². The summed E-state index contributed by atoms with van der Waals surface area (Å²) in [4.78, 5) is 2.43. The topological polar surface area (TPSA) is 38.5 Å². The second kappa shape index (κ2) is 3.91. The van der Waals surface area contributed by atoms with Crippen molar-refractivity contribution in [2.24, 2.45) is 11.1 Å². The van der Waals surface area contributed by atoms with Crippen LogP contribution in [0.3, 0.4) is 0 Å². The molecule has 2 N–H and O–H groups in total. The molecule has 3 heteroatoms. The monoisotopic (exact) mass is 232 g/mol. The first-order valence-electron chi connectivity index (χ1n) is 6.39. The smallest absolute Gasteiger partial charge is 0.142 e. The number of methoxy groups -OCH3 is 1. The molecule has 1 aliphatic heterocycles. The summed E-state index contributed by atoms with van der Waals surface area (Å²) < 4.78 is 5.47. The van der Waals surface area contributed by atoms with Gasteiger partial charge < -0.3 is 15.4 Å². The molecule has 3 rings (SSSR count). The van der Waals surface area contributed by atoms with Crippen molar-refractivity contribution in [3.05, 3.63) is 23.8 Å². The van der Waals surface area contributed by atoms with E-state index in [2.05, 4.69) is 11.0 Å². The number of nitrogens with zero attached hydrogens (tertiary/aromatic N) is 1. The molecule has 0 radical (unpaired) electrons. The minimum absolute atomic E-state index is 0.579. The lowest BCUT2D eigenvalue weighted by molar-refractivity contribution is 0.0897. The van der Waals surface area contributed by atoms with Gasteiger partial charge in [-0.25, -0.2) is 0 Å². The predicted molar refractivity (Wildman–Crippen MR) is 69.4 cm³/mol. The minimum Gasteiger partial charge on any atom is -0.495 e. The van der Waals surface area contributed by atoms with Gasteiger partial charge in [-0.15, -0.1) is 0 Å². The van der Waals surface area contributed by atoms with Crippen LogP contribution in [0.2, 0.25) is 0 Å². The van der Waals surface area contributed by atoms with E-state index in [9.17, 15) is 0 Å². The number of ether oxygens (including phenoxy) is 1. The van der Waals surface area contributed by atoms with E-state index in [1.807, 2.05) is 12.1 Å². The Morgan fingerprint density at radius 1 is 1.35 bits per heavy atom. The molecule has 0 atom stereocenters. The third-order valence-electron chi connectivity index (χ3n) is 4.31. The van der Waals surface area contributed by atoms with Crippen LogP contribution in [0.1, 0.15) is 24.8 Å². The molecule has 0 amide bonds. The van der Waals surface area contributed by atoms with Crippen molar-refractivity contribution in [3.8, 4) is 5.75 Å². The summed E-state index contributed by atoms with van der Waals surface area (Å²) in [5.41, 5.74) is 8.87. The number of hydrogen-bond donors (Lipinski definition) is 1. The van der Waals surface area contributed by atoms with Gasteiger partial charge in [0.2, 0.25) is 0 Å². The Labute approximate surface area is 103 Å². The molecule has 1 aromatic rings. The predicted octanol–water partition coefficient (Wildman–Crippen LogP) is 2.14. The zero-order valence-electron chi connectivity index (χ0n) is 10.4. The van der Waals surface area contributed by atoms with E-state index in [1.165, 1.54) is 43.6 Å². The molecule has 1 spiro atoms. The van der Waals surface area contributed by atoms with Crippen LogP contribution in [-0.2, 0) is 6.54 Å². The lowest BCUT2D eigenvalue weighted by Gasteiger charge is -2.57. The largest absolute Gasteiger partial charge is 0.495 e. The van der Waals surface area contributed by atoms with E-state index in [0.717, 1.165) is 5.75 Å². The zero-order valence-corrected chi connectivity index (χ0v) is 10.4. The number of para-hydroxylation sites is 1. The van der Waals surface area contributed by atoms with Crippen LogP contribution in [0.15, 0.2) is 18.2 Å². The van der Waals surface area contributed by atoms with E-state index in [4.69, 9.17) is 10.5 Å². The molecule has 0 aromatic heterocycles. The van der Waals surface area contributed by atoms with Crippen LogP contribution in [0.25, 0.3) is 0 Å². The molecular formula is C14H20N2O. The zero-order chi connectivity index (χ0) is 11.9. The molecular weight excluding hydrogens is 212 g/mol. The molecule has 2 aliphatic rings. The highest BCUT2D eigenvalue weighted by atomic mass is 16.5. The standard InChI is InChI=1S/C14H20N2O/c1-17-12-5-2-4-11(8-15)13(12)16-9-14(10-16)6-3-7-14/h2,4-5H,3,6-10,15H2,1H3. The molecule has 0 unspecified atom stereocenters. The first-order chi connectivity index (χ1) is 8.28. The van der Waals surface area contributed by atoms with Crippen LogP contribution in [0.5, 0.6) is 5.75 Å². The van der Waals surface area contributed by atoms with Crippen molar-refractivity contribution in [3.63, 3.8) is 0 Å². The van der Waals surface area contributed by atoms with Crippen LogP contribution in [0.4, 0.5) is 5.69 Å². The van der Waals surface area contributed by atoms with Gasteiger partial charge in [-0.2, -0.15) is 0 Å². The second-order valence-corrected chi connectivity index (χ2v) is 5.38. The van der Waals surface area contributed by atoms with Crippen molar-refractivity contribution in [1.82, 2.24) is 0 Å². The molecule has 1 saturated heterocycles. The summed E-state index contributed by atoms with van der Waals surface area (Å²) >= 11 is 0. The third kappa shape index (κ3) is 1.61. The van der Waals surface area contributed by atoms with Gasteiger partial charge in [0.15, 0.2) is 0 Å². The molecule has 2 fully saturated rings. The lowest BCUT2D eigenvalue weighted by Crippen LogP contribution is -2.60. The van der Waals surface area contributed by atoms with Crippen molar-refractivity contribution in [2.45, 2.75) is 25.8 Å². The molecule has 3 nitrogen and oxygen atoms in total. The Bertz CT molecular complexity index is 396. The van der Waals surface area contributed by atoms with E-state index < -0.39 is 0 Å². The third-order valence-corrected chi connectivity index (χ3v) is 4.31. The summed E-state index contributed by atoms with van der Waals surface area (Å²) in [6.45, 7) is 2.94. The average Bonchev–Trinajstić information content (AvgIpc) is 2.25. The summed E-state index contributed by atoms with van der Waals surface area (Å²) in [5, 5.41) is 0. The molecule has 1 saturated carbocycles. The number of hydrogen-bond acceptors (Lipinski definition) is 3. The van der Waals surface area contributed by atoms with Gasteiger partial charge in [0.1, 0.15) is 5.75 Å². The second-order valence-electron chi connectivity index (χ2n) is 5.38. The Hall–Kier alpha value is -1.22. The molecule has 0 bridgehead atoms. The minimum atomic E-state index is 0.579. The SMILES string of the molecule is COc1cccc(CN)c1N1CC2(CCC2)C1. The quantitative estimate of drug-likeness (QED) is 0.867. The van der Waals surface area contributed by atoms with E-state index in [0.29, 0.717) is 12.0 Å². The fourth-order valence-electron chi connectivity index (χ4n) is 3.17. The number of benzene rings is 1. The number of anilines is 1. The molecule has 1 aliphatic carbocycles. The van der Waals surface area contributed by atoms with Crippen molar-refractivity contribution in [1.29, 1.82) is 0 Å². The highest BCUT2D eigenvalue weighted by molar-refractivity contribution is 5.66. The van der Waals surface area contributed by atoms with E-state index in [-0.39, 0.29) is 0 Å². The fourth-order valence-corrected chi connectivity index (χ4v) is 3.17. The van der Waals surface area contributed by atoms with Crippen LogP contribution in [-0.4, -0.2) is 20.2 Å². The first-order valence-corrected chi connectivity index (χ1v) is 6.39.